The van der Waals surface area contributed by atoms with Gasteiger partial charge in [0.1, 0.15) is 18.1 Å². The van der Waals surface area contributed by atoms with Gasteiger partial charge < -0.3 is 20.1 Å². The van der Waals surface area contributed by atoms with Crippen LogP contribution in [-0.2, 0) is 4.79 Å². The van der Waals surface area contributed by atoms with Gasteiger partial charge in [0.15, 0.2) is 0 Å². The van der Waals surface area contributed by atoms with Crippen molar-refractivity contribution in [3.05, 3.63) is 89.5 Å². The average molecular weight is 445 g/mol. The number of hydrogen-bond acceptors (Lipinski definition) is 4. The molecule has 0 aliphatic heterocycles. The summed E-state index contributed by atoms with van der Waals surface area (Å²) in [5, 5.41) is 12.9. The largest absolute Gasteiger partial charge is 0.508 e. The number of likely N-dealkylation sites (N-methyl/N-ethyl adjacent to an activating group) is 1. The molecular weight excluding hydrogens is 412 g/mol. The number of benzene rings is 3. The molecule has 172 valence electrons. The number of nitrogens with zero attached hydrogens (tertiary/aromatic N) is 1. The highest BCUT2D eigenvalue weighted by atomic mass is 16.5. The summed E-state index contributed by atoms with van der Waals surface area (Å²) < 4.78 is 5.75. The molecule has 1 amide bonds. The second kappa shape index (κ2) is 11.3. The zero-order chi connectivity index (χ0) is 23.8. The Morgan fingerprint density at radius 1 is 1.00 bits per heavy atom. The van der Waals surface area contributed by atoms with Crippen molar-refractivity contribution in [1.82, 2.24) is 4.90 Å². The van der Waals surface area contributed by atoms with Crippen molar-refractivity contribution >= 4 is 22.7 Å². The topological polar surface area (TPSA) is 61.8 Å². The summed E-state index contributed by atoms with van der Waals surface area (Å²) >= 11 is 0. The highest BCUT2D eigenvalue weighted by Gasteiger charge is 2.20. The standard InChI is InChI=1S/C28H32N2O3/c1-5-25(21-9-7-6-8-10-21)27(26-16-13-23(31)19-20(26)2)28(32)29-22-11-14-24(15-12-22)33-18-17-30(3)4/h6-16,19,31H,5,17-18H2,1-4H3,(H,29,32)/b27-25-. The molecule has 0 aromatic heterocycles. The van der Waals surface area contributed by atoms with Crippen LogP contribution in [0.2, 0.25) is 0 Å². The van der Waals surface area contributed by atoms with Crippen LogP contribution in [0.1, 0.15) is 30.0 Å². The Labute approximate surface area is 196 Å². The summed E-state index contributed by atoms with van der Waals surface area (Å²) in [6.07, 6.45) is 0.686. The number of phenols is 1. The van der Waals surface area contributed by atoms with Gasteiger partial charge in [0.2, 0.25) is 0 Å². The first kappa shape index (κ1) is 24.1. The number of aromatic hydroxyl groups is 1. The van der Waals surface area contributed by atoms with Crippen molar-refractivity contribution in [2.45, 2.75) is 20.3 Å². The SMILES string of the molecule is CC/C(=C(/C(=O)Nc1ccc(OCCN(C)C)cc1)c1ccc(O)cc1C)c1ccccc1. The Hall–Kier alpha value is -3.57. The Morgan fingerprint density at radius 2 is 1.70 bits per heavy atom. The third-order valence-corrected chi connectivity index (χ3v) is 5.40. The van der Waals surface area contributed by atoms with Crippen molar-refractivity contribution in [1.29, 1.82) is 0 Å². The first-order valence-corrected chi connectivity index (χ1v) is 11.2. The van der Waals surface area contributed by atoms with Gasteiger partial charge >= 0.3 is 0 Å². The molecule has 0 bridgehead atoms. The molecule has 0 fully saturated rings. The number of ether oxygens (including phenoxy) is 1. The van der Waals surface area contributed by atoms with Crippen LogP contribution in [0.5, 0.6) is 11.5 Å². The molecule has 0 unspecified atom stereocenters. The number of phenolic OH excluding ortho intramolecular Hbond substituents is 1. The quantitative estimate of drug-likeness (QED) is 0.333. The maximum Gasteiger partial charge on any atom is 0.256 e. The molecule has 3 aromatic carbocycles. The van der Waals surface area contributed by atoms with E-state index < -0.39 is 0 Å². The molecule has 5 nitrogen and oxygen atoms in total. The van der Waals surface area contributed by atoms with Gasteiger partial charge in [-0.3, -0.25) is 4.79 Å². The molecule has 0 aliphatic carbocycles. The van der Waals surface area contributed by atoms with E-state index in [1.807, 2.05) is 82.5 Å². The summed E-state index contributed by atoms with van der Waals surface area (Å²) in [4.78, 5) is 15.6. The zero-order valence-corrected chi connectivity index (χ0v) is 19.8. The molecule has 3 rings (SSSR count). The molecule has 0 saturated carbocycles. The predicted octanol–water partition coefficient (Wildman–Crippen LogP) is 5.60. The van der Waals surface area contributed by atoms with Crippen LogP contribution in [0.4, 0.5) is 5.69 Å². The van der Waals surface area contributed by atoms with E-state index in [-0.39, 0.29) is 11.7 Å². The van der Waals surface area contributed by atoms with Gasteiger partial charge in [-0.15, -0.1) is 0 Å². The first-order valence-electron chi connectivity index (χ1n) is 11.2. The second-order valence-electron chi connectivity index (χ2n) is 8.20. The number of rotatable bonds is 9. The number of allylic oxidation sites excluding steroid dienone is 1. The van der Waals surface area contributed by atoms with E-state index in [1.165, 1.54) is 0 Å². The van der Waals surface area contributed by atoms with Crippen molar-refractivity contribution in [2.24, 2.45) is 0 Å². The van der Waals surface area contributed by atoms with Gasteiger partial charge in [0, 0.05) is 12.2 Å². The number of carbonyl (C=O) groups is 1. The number of nitrogens with one attached hydrogen (secondary N) is 1. The van der Waals surface area contributed by atoms with Gasteiger partial charge in [-0.2, -0.15) is 0 Å². The molecule has 3 aromatic rings. The van der Waals surface area contributed by atoms with E-state index in [1.54, 1.807) is 18.2 Å². The molecular formula is C28H32N2O3. The summed E-state index contributed by atoms with van der Waals surface area (Å²) in [5.74, 6) is 0.753. The van der Waals surface area contributed by atoms with E-state index in [4.69, 9.17) is 4.74 Å². The fourth-order valence-electron chi connectivity index (χ4n) is 3.69. The van der Waals surface area contributed by atoms with E-state index in [0.29, 0.717) is 24.3 Å². The van der Waals surface area contributed by atoms with Crippen LogP contribution in [0.3, 0.4) is 0 Å². The van der Waals surface area contributed by atoms with Gasteiger partial charge in [0.05, 0.1) is 5.57 Å². The highest BCUT2D eigenvalue weighted by molar-refractivity contribution is 6.31. The van der Waals surface area contributed by atoms with E-state index >= 15 is 0 Å². The van der Waals surface area contributed by atoms with Crippen LogP contribution in [0.25, 0.3) is 11.1 Å². The third kappa shape index (κ3) is 6.46. The number of aryl methyl sites for hydroxylation is 1. The van der Waals surface area contributed by atoms with Crippen LogP contribution < -0.4 is 10.1 Å². The molecule has 0 aliphatic rings. The first-order chi connectivity index (χ1) is 15.9. The van der Waals surface area contributed by atoms with Crippen molar-refractivity contribution < 1.29 is 14.6 Å². The zero-order valence-electron chi connectivity index (χ0n) is 19.8. The highest BCUT2D eigenvalue weighted by Crippen LogP contribution is 2.33. The molecule has 0 spiro atoms. The number of amides is 1. The minimum Gasteiger partial charge on any atom is -0.508 e. The van der Waals surface area contributed by atoms with Gasteiger partial charge in [0.25, 0.3) is 5.91 Å². The van der Waals surface area contributed by atoms with Crippen molar-refractivity contribution in [3.63, 3.8) is 0 Å². The van der Waals surface area contributed by atoms with Crippen LogP contribution in [-0.4, -0.2) is 43.2 Å². The van der Waals surface area contributed by atoms with Gasteiger partial charge in [-0.05, 0) is 86.1 Å². The van der Waals surface area contributed by atoms with Crippen molar-refractivity contribution in [3.8, 4) is 11.5 Å². The lowest BCUT2D eigenvalue weighted by Gasteiger charge is -2.18. The molecule has 0 heterocycles. The van der Waals surface area contributed by atoms with E-state index in [0.717, 1.165) is 34.6 Å². The minimum absolute atomic E-state index is 0.179. The summed E-state index contributed by atoms with van der Waals surface area (Å²) in [5.41, 5.74) is 4.89. The van der Waals surface area contributed by atoms with Crippen LogP contribution in [0, 0.1) is 6.92 Å². The summed E-state index contributed by atoms with van der Waals surface area (Å²) in [7, 11) is 4.01. The molecule has 33 heavy (non-hydrogen) atoms. The number of anilines is 1. The lowest BCUT2D eigenvalue weighted by atomic mass is 9.90. The summed E-state index contributed by atoms with van der Waals surface area (Å²) in [6.45, 7) is 5.38. The number of hydrogen-bond donors (Lipinski definition) is 2. The third-order valence-electron chi connectivity index (χ3n) is 5.40. The van der Waals surface area contributed by atoms with Crippen LogP contribution in [0.15, 0.2) is 72.8 Å². The molecule has 0 atom stereocenters. The Morgan fingerprint density at radius 3 is 2.30 bits per heavy atom. The lowest BCUT2D eigenvalue weighted by molar-refractivity contribution is -0.111. The minimum atomic E-state index is -0.189. The Balaban J connectivity index is 1.93. The Kier molecular flexibility index (Phi) is 8.28. The average Bonchev–Trinajstić information content (AvgIpc) is 2.79. The molecule has 0 radical (unpaired) electrons. The second-order valence-corrected chi connectivity index (χ2v) is 8.20. The lowest BCUT2D eigenvalue weighted by Crippen LogP contribution is -2.19. The maximum atomic E-state index is 13.6. The maximum absolute atomic E-state index is 13.6. The fraction of sp³-hybridized carbons (Fsp3) is 0.250. The molecule has 5 heteroatoms. The fourth-order valence-corrected chi connectivity index (χ4v) is 3.69. The smallest absolute Gasteiger partial charge is 0.256 e. The van der Waals surface area contributed by atoms with E-state index in [9.17, 15) is 9.90 Å². The molecule has 2 N–H and O–H groups in total. The Bertz CT molecular complexity index is 1100. The predicted molar refractivity (Wildman–Crippen MR) is 136 cm³/mol. The van der Waals surface area contributed by atoms with Gasteiger partial charge in [-0.25, -0.2) is 0 Å². The van der Waals surface area contributed by atoms with Crippen LogP contribution >= 0.6 is 0 Å². The molecule has 0 saturated heterocycles. The monoisotopic (exact) mass is 444 g/mol. The van der Waals surface area contributed by atoms with Crippen molar-refractivity contribution in [2.75, 3.05) is 32.6 Å². The van der Waals surface area contributed by atoms with Gasteiger partial charge in [-0.1, -0.05) is 43.3 Å². The summed E-state index contributed by atoms with van der Waals surface area (Å²) in [6, 6.07) is 22.5. The normalized spacial score (nSPS) is 11.8. The number of carbonyl (C=O) groups excluding carboxylic acids is 1. The van der Waals surface area contributed by atoms with E-state index in [2.05, 4.69) is 10.2 Å².